The normalized spacial score (nSPS) is 16.9. The zero-order chi connectivity index (χ0) is 12.8. The fourth-order valence-electron chi connectivity index (χ4n) is 2.31. The van der Waals surface area contributed by atoms with E-state index in [2.05, 4.69) is 10.2 Å². The Morgan fingerprint density at radius 2 is 2.00 bits per heavy atom. The van der Waals surface area contributed by atoms with Gasteiger partial charge in [0.2, 0.25) is 0 Å². The zero-order valence-electron chi connectivity index (χ0n) is 10.7. The number of piperazine rings is 1. The molecule has 1 aromatic carbocycles. The molecule has 1 aromatic rings. The van der Waals surface area contributed by atoms with Crippen molar-refractivity contribution in [2.24, 2.45) is 0 Å². The number of nitrogens with one attached hydrogen (secondary N) is 1. The molecule has 0 radical (unpaired) electrons. The highest BCUT2D eigenvalue weighted by molar-refractivity contribution is 6.32. The lowest BCUT2D eigenvalue weighted by Gasteiger charge is -2.27. The van der Waals surface area contributed by atoms with Crippen LogP contribution in [-0.2, 0) is 6.42 Å². The molecule has 2 rings (SSSR count). The summed E-state index contributed by atoms with van der Waals surface area (Å²) in [5.74, 6) is 0.168. The number of unbranched alkanes of at least 4 members (excludes halogenated alkanes) is 1. The SMILES string of the molecule is Oc1ccc(CCCCN2CCNCC2)cc1Cl. The number of hydrogen-bond donors (Lipinski definition) is 2. The van der Waals surface area contributed by atoms with E-state index in [1.54, 1.807) is 6.07 Å². The molecule has 0 aromatic heterocycles. The summed E-state index contributed by atoms with van der Waals surface area (Å²) in [6, 6.07) is 5.49. The van der Waals surface area contributed by atoms with Crippen molar-refractivity contribution >= 4 is 11.6 Å². The van der Waals surface area contributed by atoms with Gasteiger partial charge in [0.05, 0.1) is 5.02 Å². The molecule has 2 N–H and O–H groups in total. The molecule has 0 amide bonds. The highest BCUT2D eigenvalue weighted by Crippen LogP contribution is 2.24. The first kappa shape index (κ1) is 13.7. The fraction of sp³-hybridized carbons (Fsp3) is 0.571. The van der Waals surface area contributed by atoms with Crippen molar-refractivity contribution in [3.05, 3.63) is 28.8 Å². The van der Waals surface area contributed by atoms with E-state index in [0.29, 0.717) is 5.02 Å². The second-order valence-corrected chi connectivity index (χ2v) is 5.24. The minimum atomic E-state index is 0.168. The molecule has 0 aliphatic carbocycles. The molecular formula is C14H21ClN2O. The second-order valence-electron chi connectivity index (χ2n) is 4.83. The molecule has 0 saturated carbocycles. The third-order valence-corrected chi connectivity index (χ3v) is 3.71. The van der Waals surface area contributed by atoms with Gasteiger partial charge in [-0.15, -0.1) is 0 Å². The molecule has 0 bridgehead atoms. The fourth-order valence-corrected chi connectivity index (χ4v) is 2.51. The van der Waals surface area contributed by atoms with E-state index in [4.69, 9.17) is 11.6 Å². The standard InChI is InChI=1S/C14H21ClN2O/c15-13-11-12(4-5-14(13)18)3-1-2-8-17-9-6-16-7-10-17/h4-5,11,16,18H,1-3,6-10H2. The van der Waals surface area contributed by atoms with Gasteiger partial charge in [-0.1, -0.05) is 17.7 Å². The molecule has 100 valence electrons. The molecule has 0 atom stereocenters. The van der Waals surface area contributed by atoms with Gasteiger partial charge in [-0.3, -0.25) is 0 Å². The molecular weight excluding hydrogens is 248 g/mol. The molecule has 1 fully saturated rings. The Bertz CT molecular complexity index is 378. The van der Waals surface area contributed by atoms with Crippen LogP contribution in [0.2, 0.25) is 5.02 Å². The van der Waals surface area contributed by atoms with Crippen LogP contribution in [0.15, 0.2) is 18.2 Å². The average molecular weight is 269 g/mol. The summed E-state index contributed by atoms with van der Waals surface area (Å²) in [6.45, 7) is 5.77. The van der Waals surface area contributed by atoms with Gasteiger partial charge >= 0.3 is 0 Å². The molecule has 1 saturated heterocycles. The molecule has 1 aliphatic rings. The van der Waals surface area contributed by atoms with Crippen molar-refractivity contribution in [2.75, 3.05) is 32.7 Å². The monoisotopic (exact) mass is 268 g/mol. The summed E-state index contributed by atoms with van der Waals surface area (Å²) in [7, 11) is 0. The van der Waals surface area contributed by atoms with Gasteiger partial charge in [-0.05, 0) is 43.5 Å². The lowest BCUT2D eigenvalue weighted by atomic mass is 10.1. The summed E-state index contributed by atoms with van der Waals surface area (Å²) in [4.78, 5) is 2.51. The van der Waals surface area contributed by atoms with Gasteiger partial charge in [0.25, 0.3) is 0 Å². The maximum absolute atomic E-state index is 9.34. The third kappa shape index (κ3) is 4.16. The maximum Gasteiger partial charge on any atom is 0.134 e. The highest BCUT2D eigenvalue weighted by atomic mass is 35.5. The van der Waals surface area contributed by atoms with Crippen molar-refractivity contribution in [1.29, 1.82) is 0 Å². The molecule has 4 heteroatoms. The van der Waals surface area contributed by atoms with Crippen molar-refractivity contribution < 1.29 is 5.11 Å². The first-order valence-electron chi connectivity index (χ1n) is 6.66. The first-order valence-corrected chi connectivity index (χ1v) is 7.04. The lowest BCUT2D eigenvalue weighted by Crippen LogP contribution is -2.43. The van der Waals surface area contributed by atoms with Gasteiger partial charge < -0.3 is 15.3 Å². The van der Waals surface area contributed by atoms with Gasteiger partial charge in [-0.25, -0.2) is 0 Å². The number of aryl methyl sites for hydroxylation is 1. The van der Waals surface area contributed by atoms with Gasteiger partial charge in [-0.2, -0.15) is 0 Å². The number of phenols is 1. The molecule has 1 heterocycles. The van der Waals surface area contributed by atoms with Gasteiger partial charge in [0.1, 0.15) is 5.75 Å². The van der Waals surface area contributed by atoms with Crippen LogP contribution in [0.25, 0.3) is 0 Å². The molecule has 1 aliphatic heterocycles. The molecule has 0 spiro atoms. The summed E-state index contributed by atoms with van der Waals surface area (Å²) in [5, 5.41) is 13.2. The van der Waals surface area contributed by atoms with Crippen LogP contribution in [0, 0.1) is 0 Å². The van der Waals surface area contributed by atoms with Crippen molar-refractivity contribution in [2.45, 2.75) is 19.3 Å². The zero-order valence-corrected chi connectivity index (χ0v) is 11.4. The van der Waals surface area contributed by atoms with Crippen molar-refractivity contribution in [3.8, 4) is 5.75 Å². The first-order chi connectivity index (χ1) is 8.75. The van der Waals surface area contributed by atoms with Crippen LogP contribution in [0.5, 0.6) is 5.75 Å². The Morgan fingerprint density at radius 3 is 2.72 bits per heavy atom. The lowest BCUT2D eigenvalue weighted by molar-refractivity contribution is 0.237. The highest BCUT2D eigenvalue weighted by Gasteiger charge is 2.08. The Morgan fingerprint density at radius 1 is 1.22 bits per heavy atom. The maximum atomic E-state index is 9.34. The molecule has 3 nitrogen and oxygen atoms in total. The van der Waals surface area contributed by atoms with Gasteiger partial charge in [0, 0.05) is 26.2 Å². The minimum absolute atomic E-state index is 0.168. The van der Waals surface area contributed by atoms with Crippen LogP contribution in [-0.4, -0.2) is 42.7 Å². The number of hydrogen-bond acceptors (Lipinski definition) is 3. The third-order valence-electron chi connectivity index (χ3n) is 3.41. The van der Waals surface area contributed by atoms with E-state index in [9.17, 15) is 5.11 Å². The van der Waals surface area contributed by atoms with Crippen LogP contribution >= 0.6 is 11.6 Å². The Balaban J connectivity index is 1.66. The molecule has 18 heavy (non-hydrogen) atoms. The summed E-state index contributed by atoms with van der Waals surface area (Å²) >= 11 is 5.88. The number of halogens is 1. The van der Waals surface area contributed by atoms with E-state index in [-0.39, 0.29) is 5.75 Å². The van der Waals surface area contributed by atoms with Crippen LogP contribution < -0.4 is 5.32 Å². The molecule has 0 unspecified atom stereocenters. The van der Waals surface area contributed by atoms with E-state index in [1.165, 1.54) is 38.0 Å². The summed E-state index contributed by atoms with van der Waals surface area (Å²) in [6.07, 6.45) is 3.43. The smallest absolute Gasteiger partial charge is 0.134 e. The van der Waals surface area contributed by atoms with E-state index < -0.39 is 0 Å². The number of aromatic hydroxyl groups is 1. The van der Waals surface area contributed by atoms with Gasteiger partial charge in [0.15, 0.2) is 0 Å². The van der Waals surface area contributed by atoms with Crippen LogP contribution in [0.4, 0.5) is 0 Å². The number of phenolic OH excluding ortho intramolecular Hbond substituents is 1. The van der Waals surface area contributed by atoms with E-state index in [1.807, 2.05) is 12.1 Å². The van der Waals surface area contributed by atoms with Crippen molar-refractivity contribution in [1.82, 2.24) is 10.2 Å². The summed E-state index contributed by atoms with van der Waals surface area (Å²) in [5.41, 5.74) is 1.21. The Hall–Kier alpha value is -0.770. The quantitative estimate of drug-likeness (QED) is 0.805. The summed E-state index contributed by atoms with van der Waals surface area (Å²) < 4.78 is 0. The van der Waals surface area contributed by atoms with E-state index in [0.717, 1.165) is 19.5 Å². The van der Waals surface area contributed by atoms with Crippen molar-refractivity contribution in [3.63, 3.8) is 0 Å². The topological polar surface area (TPSA) is 35.5 Å². The Kier molecular flexibility index (Phi) is 5.29. The predicted molar refractivity (Wildman–Crippen MR) is 75.4 cm³/mol. The van der Waals surface area contributed by atoms with Crippen LogP contribution in [0.1, 0.15) is 18.4 Å². The van der Waals surface area contributed by atoms with Crippen LogP contribution in [0.3, 0.4) is 0 Å². The Labute approximate surface area is 114 Å². The predicted octanol–water partition coefficient (Wildman–Crippen LogP) is 2.27. The second kappa shape index (κ2) is 6.98. The number of rotatable bonds is 5. The number of benzene rings is 1. The minimum Gasteiger partial charge on any atom is -0.506 e. The number of nitrogens with zero attached hydrogens (tertiary/aromatic N) is 1. The average Bonchev–Trinajstić information content (AvgIpc) is 2.40. The largest absolute Gasteiger partial charge is 0.506 e. The van der Waals surface area contributed by atoms with E-state index >= 15 is 0 Å².